The Bertz CT molecular complexity index is 223. The van der Waals surface area contributed by atoms with Crippen LogP contribution < -0.4 is 10.7 Å². The maximum atomic E-state index is 5.32. The molecule has 1 spiro atoms. The molecule has 1 aliphatic heterocycles. The van der Waals surface area contributed by atoms with Crippen LogP contribution in [-0.2, 0) is 0 Å². The van der Waals surface area contributed by atoms with Crippen molar-refractivity contribution in [1.82, 2.24) is 15.8 Å². The van der Waals surface area contributed by atoms with Crippen LogP contribution in [0.3, 0.4) is 0 Å². The first-order valence-corrected chi connectivity index (χ1v) is 6.04. The Morgan fingerprint density at radius 2 is 2.14 bits per heavy atom. The number of nitrogens with one attached hydrogen (secondary N) is 2. The minimum atomic E-state index is 0.116. The molecule has 2 aliphatic rings. The summed E-state index contributed by atoms with van der Waals surface area (Å²) < 4.78 is 0. The van der Waals surface area contributed by atoms with E-state index in [1.54, 1.807) is 0 Å². The summed E-state index contributed by atoms with van der Waals surface area (Å²) in [6.45, 7) is 3.24. The number of hydrazine groups is 1. The van der Waals surface area contributed by atoms with Gasteiger partial charge in [0.25, 0.3) is 0 Å². The summed E-state index contributed by atoms with van der Waals surface area (Å²) in [4.78, 5) is 0. The van der Waals surface area contributed by atoms with Crippen LogP contribution in [0.15, 0.2) is 0 Å². The van der Waals surface area contributed by atoms with Gasteiger partial charge in [-0.15, -0.1) is 0 Å². The van der Waals surface area contributed by atoms with Crippen LogP contribution in [-0.4, -0.2) is 22.3 Å². The smallest absolute Gasteiger partial charge is 0.185 e. The maximum Gasteiger partial charge on any atom is 0.185 e. The Labute approximate surface area is 91.2 Å². The second-order valence-corrected chi connectivity index (χ2v) is 4.72. The first kappa shape index (κ1) is 10.2. The summed E-state index contributed by atoms with van der Waals surface area (Å²) in [6, 6.07) is 0. The quantitative estimate of drug-likeness (QED) is 0.699. The number of unbranched alkanes of at least 4 members (excludes halogenated alkanes) is 1. The molecule has 0 atom stereocenters. The summed E-state index contributed by atoms with van der Waals surface area (Å²) in [5.41, 5.74) is 3.65. The Kier molecular flexibility index (Phi) is 2.93. The van der Waals surface area contributed by atoms with Crippen LogP contribution in [0.5, 0.6) is 0 Å². The third kappa shape index (κ3) is 1.86. The summed E-state index contributed by atoms with van der Waals surface area (Å²) in [5, 5.41) is 6.44. The molecule has 0 aromatic carbocycles. The van der Waals surface area contributed by atoms with E-state index in [4.69, 9.17) is 12.2 Å². The molecular weight excluding hydrogens is 194 g/mol. The van der Waals surface area contributed by atoms with E-state index in [-0.39, 0.29) is 5.66 Å². The molecule has 4 heteroatoms. The molecule has 1 aliphatic carbocycles. The summed E-state index contributed by atoms with van der Waals surface area (Å²) in [7, 11) is 0. The normalized spacial score (nSPS) is 24.6. The van der Waals surface area contributed by atoms with Crippen molar-refractivity contribution in [1.29, 1.82) is 0 Å². The average molecular weight is 213 g/mol. The molecule has 3 nitrogen and oxygen atoms in total. The van der Waals surface area contributed by atoms with Crippen LogP contribution in [0.4, 0.5) is 0 Å². The molecule has 2 N–H and O–H groups in total. The lowest BCUT2D eigenvalue weighted by atomic mass is 10.1. The van der Waals surface area contributed by atoms with E-state index in [9.17, 15) is 0 Å². The van der Waals surface area contributed by atoms with E-state index >= 15 is 0 Å². The van der Waals surface area contributed by atoms with E-state index in [1.165, 1.54) is 38.5 Å². The lowest BCUT2D eigenvalue weighted by Gasteiger charge is -2.24. The summed E-state index contributed by atoms with van der Waals surface area (Å²) >= 11 is 5.32. The standard InChI is InChI=1S/C10H19N3S/c1-2-3-8-13-9(14)11-10(12-13)6-4-5-7-10/h12H,2-8H2,1H3,(H,11,14). The average Bonchev–Trinajstić information content (AvgIpc) is 2.72. The van der Waals surface area contributed by atoms with Gasteiger partial charge in [0.15, 0.2) is 5.11 Å². The fourth-order valence-corrected chi connectivity index (χ4v) is 2.63. The molecule has 0 aromatic heterocycles. The predicted octanol–water partition coefficient (Wildman–Crippen LogP) is 1.75. The monoisotopic (exact) mass is 213 g/mol. The van der Waals surface area contributed by atoms with Crippen molar-refractivity contribution in [3.05, 3.63) is 0 Å². The van der Waals surface area contributed by atoms with Crippen LogP contribution in [0, 0.1) is 0 Å². The highest BCUT2D eigenvalue weighted by atomic mass is 32.1. The summed E-state index contributed by atoms with van der Waals surface area (Å²) in [5.74, 6) is 0. The fourth-order valence-electron chi connectivity index (χ4n) is 2.30. The molecule has 80 valence electrons. The Balaban J connectivity index is 1.92. The zero-order valence-electron chi connectivity index (χ0n) is 8.81. The number of rotatable bonds is 3. The maximum absolute atomic E-state index is 5.32. The Hall–Kier alpha value is -0.350. The first-order valence-electron chi connectivity index (χ1n) is 5.63. The lowest BCUT2D eigenvalue weighted by Crippen LogP contribution is -2.48. The van der Waals surface area contributed by atoms with Crippen LogP contribution in [0.1, 0.15) is 45.4 Å². The molecule has 0 bridgehead atoms. The minimum Gasteiger partial charge on any atom is -0.342 e. The van der Waals surface area contributed by atoms with Crippen molar-refractivity contribution in [2.75, 3.05) is 6.54 Å². The van der Waals surface area contributed by atoms with Crippen LogP contribution in [0.2, 0.25) is 0 Å². The zero-order valence-corrected chi connectivity index (χ0v) is 9.62. The van der Waals surface area contributed by atoms with Crippen LogP contribution in [0.25, 0.3) is 0 Å². The SMILES string of the molecule is CCCCN1NC2(CCCC2)NC1=S. The van der Waals surface area contributed by atoms with Gasteiger partial charge in [-0.2, -0.15) is 0 Å². The van der Waals surface area contributed by atoms with E-state index in [0.29, 0.717) is 0 Å². The number of hydrogen-bond donors (Lipinski definition) is 2. The second-order valence-electron chi connectivity index (χ2n) is 4.34. The highest BCUT2D eigenvalue weighted by Crippen LogP contribution is 2.30. The van der Waals surface area contributed by atoms with Crippen molar-refractivity contribution in [3.63, 3.8) is 0 Å². The predicted molar refractivity (Wildman–Crippen MR) is 61.7 cm³/mol. The molecule has 0 aromatic rings. The van der Waals surface area contributed by atoms with Crippen molar-refractivity contribution < 1.29 is 0 Å². The van der Waals surface area contributed by atoms with E-state index in [1.807, 2.05) is 0 Å². The molecule has 0 radical (unpaired) electrons. The van der Waals surface area contributed by atoms with Gasteiger partial charge in [-0.25, -0.2) is 5.43 Å². The van der Waals surface area contributed by atoms with E-state index in [2.05, 4.69) is 22.7 Å². The molecule has 2 rings (SSSR count). The topological polar surface area (TPSA) is 27.3 Å². The largest absolute Gasteiger partial charge is 0.342 e. The molecule has 0 unspecified atom stereocenters. The van der Waals surface area contributed by atoms with Gasteiger partial charge in [0.1, 0.15) is 5.66 Å². The summed E-state index contributed by atoms with van der Waals surface area (Å²) in [6.07, 6.45) is 7.44. The number of thiocarbonyl (C=S) groups is 1. The molecule has 0 amide bonds. The fraction of sp³-hybridized carbons (Fsp3) is 0.900. The first-order chi connectivity index (χ1) is 6.76. The zero-order chi connectivity index (χ0) is 10.0. The molecule has 2 fully saturated rings. The van der Waals surface area contributed by atoms with Gasteiger partial charge < -0.3 is 5.32 Å². The third-order valence-corrected chi connectivity index (χ3v) is 3.46. The van der Waals surface area contributed by atoms with Crippen LogP contribution >= 0.6 is 12.2 Å². The van der Waals surface area contributed by atoms with Gasteiger partial charge in [0.2, 0.25) is 0 Å². The molecular formula is C10H19N3S. The van der Waals surface area contributed by atoms with Crippen molar-refractivity contribution in [3.8, 4) is 0 Å². The lowest BCUT2D eigenvalue weighted by molar-refractivity contribution is 0.219. The highest BCUT2D eigenvalue weighted by Gasteiger charge is 2.41. The highest BCUT2D eigenvalue weighted by molar-refractivity contribution is 7.80. The van der Waals surface area contributed by atoms with Gasteiger partial charge in [-0.05, 0) is 44.3 Å². The second kappa shape index (κ2) is 4.03. The Morgan fingerprint density at radius 1 is 1.43 bits per heavy atom. The van der Waals surface area contributed by atoms with Gasteiger partial charge >= 0.3 is 0 Å². The minimum absolute atomic E-state index is 0.116. The van der Waals surface area contributed by atoms with Gasteiger partial charge in [-0.3, -0.25) is 5.01 Å². The van der Waals surface area contributed by atoms with E-state index in [0.717, 1.165) is 11.7 Å². The number of nitrogens with zero attached hydrogens (tertiary/aromatic N) is 1. The van der Waals surface area contributed by atoms with Crippen molar-refractivity contribution >= 4 is 17.3 Å². The molecule has 1 saturated heterocycles. The Morgan fingerprint density at radius 3 is 2.79 bits per heavy atom. The van der Waals surface area contributed by atoms with Crippen molar-refractivity contribution in [2.24, 2.45) is 0 Å². The third-order valence-electron chi connectivity index (χ3n) is 3.13. The van der Waals surface area contributed by atoms with Gasteiger partial charge in [0, 0.05) is 6.54 Å². The molecule has 1 saturated carbocycles. The van der Waals surface area contributed by atoms with Gasteiger partial charge in [-0.1, -0.05) is 13.3 Å². The molecule has 1 heterocycles. The molecule has 14 heavy (non-hydrogen) atoms. The van der Waals surface area contributed by atoms with Gasteiger partial charge in [0.05, 0.1) is 0 Å². The number of hydrogen-bond acceptors (Lipinski definition) is 2. The van der Waals surface area contributed by atoms with Crippen molar-refractivity contribution in [2.45, 2.75) is 51.1 Å². The van der Waals surface area contributed by atoms with E-state index < -0.39 is 0 Å².